The minimum atomic E-state index is 0.126. The first-order valence-corrected chi connectivity index (χ1v) is 8.86. The first-order valence-electron chi connectivity index (χ1n) is 7.31. The molecule has 0 radical (unpaired) electrons. The average molecular weight is 400 g/mol. The molecule has 1 fully saturated rings. The molecule has 5 heteroatoms. The van der Waals surface area contributed by atoms with Gasteiger partial charge in [-0.2, -0.15) is 0 Å². The van der Waals surface area contributed by atoms with Gasteiger partial charge in [0.1, 0.15) is 0 Å². The molecule has 1 aliphatic rings. The van der Waals surface area contributed by atoms with Crippen LogP contribution in [-0.4, -0.2) is 31.1 Å². The molecule has 3 rings (SSSR count). The highest BCUT2D eigenvalue weighted by molar-refractivity contribution is 9.10. The van der Waals surface area contributed by atoms with E-state index >= 15 is 0 Å². The summed E-state index contributed by atoms with van der Waals surface area (Å²) in [5.41, 5.74) is 2.30. The number of nitrogens with one attached hydrogen (secondary N) is 1. The predicted molar refractivity (Wildman–Crippen MR) is 96.9 cm³/mol. The number of benzene rings is 2. The SMILES string of the molecule is Clc1cccc(C(c2ccc(Br)cc2)N2CCNCC2)c1Cl. The standard InChI is InChI=1S/C17H17BrCl2N2/c18-13-6-4-12(5-7-13)17(22-10-8-21-9-11-22)14-2-1-3-15(19)16(14)20/h1-7,17,21H,8-11H2. The summed E-state index contributed by atoms with van der Waals surface area (Å²) < 4.78 is 1.08. The maximum Gasteiger partial charge on any atom is 0.0643 e. The van der Waals surface area contributed by atoms with E-state index in [1.54, 1.807) is 0 Å². The first-order chi connectivity index (χ1) is 10.7. The summed E-state index contributed by atoms with van der Waals surface area (Å²) in [6.07, 6.45) is 0. The molecule has 0 saturated carbocycles. The molecule has 1 saturated heterocycles. The Morgan fingerprint density at radius 3 is 2.36 bits per heavy atom. The molecule has 1 N–H and O–H groups in total. The van der Waals surface area contributed by atoms with Crippen LogP contribution in [0.1, 0.15) is 17.2 Å². The van der Waals surface area contributed by atoms with E-state index in [4.69, 9.17) is 23.2 Å². The number of piperazine rings is 1. The summed E-state index contributed by atoms with van der Waals surface area (Å²) in [6, 6.07) is 14.4. The highest BCUT2D eigenvalue weighted by atomic mass is 79.9. The van der Waals surface area contributed by atoms with Crippen molar-refractivity contribution in [3.8, 4) is 0 Å². The molecule has 1 atom stereocenters. The number of rotatable bonds is 3. The van der Waals surface area contributed by atoms with Crippen molar-refractivity contribution in [3.63, 3.8) is 0 Å². The zero-order valence-corrected chi connectivity index (χ0v) is 15.1. The van der Waals surface area contributed by atoms with Crippen LogP contribution in [0, 0.1) is 0 Å². The Balaban J connectivity index is 2.05. The minimum Gasteiger partial charge on any atom is -0.314 e. The molecule has 0 bridgehead atoms. The summed E-state index contributed by atoms with van der Waals surface area (Å²) in [5, 5.41) is 4.66. The van der Waals surface area contributed by atoms with E-state index in [-0.39, 0.29) is 6.04 Å². The summed E-state index contributed by atoms with van der Waals surface area (Å²) in [6.45, 7) is 3.96. The van der Waals surface area contributed by atoms with Gasteiger partial charge in [0, 0.05) is 30.7 Å². The molecule has 2 nitrogen and oxygen atoms in total. The topological polar surface area (TPSA) is 15.3 Å². The van der Waals surface area contributed by atoms with Crippen LogP contribution in [0.15, 0.2) is 46.9 Å². The fraction of sp³-hybridized carbons (Fsp3) is 0.294. The lowest BCUT2D eigenvalue weighted by molar-refractivity contribution is 0.198. The Morgan fingerprint density at radius 2 is 1.68 bits per heavy atom. The number of nitrogens with zero attached hydrogens (tertiary/aromatic N) is 1. The third kappa shape index (κ3) is 3.50. The fourth-order valence-corrected chi connectivity index (χ4v) is 3.58. The highest BCUT2D eigenvalue weighted by Gasteiger charge is 2.26. The molecule has 116 valence electrons. The predicted octanol–water partition coefficient (Wildman–Crippen LogP) is 4.75. The van der Waals surface area contributed by atoms with Crippen molar-refractivity contribution >= 4 is 39.1 Å². The van der Waals surface area contributed by atoms with E-state index in [1.807, 2.05) is 12.1 Å². The molecule has 1 aliphatic heterocycles. The third-order valence-corrected chi connectivity index (χ3v) is 5.34. The molecule has 1 heterocycles. The van der Waals surface area contributed by atoms with E-state index in [9.17, 15) is 0 Å². The van der Waals surface area contributed by atoms with Gasteiger partial charge in [0.25, 0.3) is 0 Å². The van der Waals surface area contributed by atoms with Gasteiger partial charge >= 0.3 is 0 Å². The molecule has 0 aliphatic carbocycles. The second-order valence-corrected chi connectivity index (χ2v) is 7.08. The van der Waals surface area contributed by atoms with Crippen LogP contribution in [0.5, 0.6) is 0 Å². The second-order valence-electron chi connectivity index (χ2n) is 5.38. The summed E-state index contributed by atoms with van der Waals surface area (Å²) >= 11 is 16.2. The Morgan fingerprint density at radius 1 is 1.00 bits per heavy atom. The van der Waals surface area contributed by atoms with E-state index in [2.05, 4.69) is 56.5 Å². The zero-order valence-electron chi connectivity index (χ0n) is 12.0. The van der Waals surface area contributed by atoms with Crippen molar-refractivity contribution in [2.75, 3.05) is 26.2 Å². The molecular weight excluding hydrogens is 383 g/mol. The Bertz CT molecular complexity index is 640. The molecule has 2 aromatic rings. The largest absolute Gasteiger partial charge is 0.314 e. The Hall–Kier alpha value is -0.580. The highest BCUT2D eigenvalue weighted by Crippen LogP contribution is 2.37. The molecular formula is C17H17BrCl2N2. The normalized spacial score (nSPS) is 17.4. The summed E-state index contributed by atoms with van der Waals surface area (Å²) in [5.74, 6) is 0. The van der Waals surface area contributed by atoms with Crippen LogP contribution >= 0.6 is 39.1 Å². The summed E-state index contributed by atoms with van der Waals surface area (Å²) in [7, 11) is 0. The Labute approximate surface area is 149 Å². The van der Waals surface area contributed by atoms with Crippen LogP contribution in [0.25, 0.3) is 0 Å². The first kappa shape index (κ1) is 16.3. The number of hydrogen-bond acceptors (Lipinski definition) is 2. The lowest BCUT2D eigenvalue weighted by Crippen LogP contribution is -2.45. The molecule has 0 aromatic heterocycles. The van der Waals surface area contributed by atoms with Gasteiger partial charge in [-0.15, -0.1) is 0 Å². The third-order valence-electron chi connectivity index (χ3n) is 3.98. The van der Waals surface area contributed by atoms with Crippen LogP contribution in [0.4, 0.5) is 0 Å². The van der Waals surface area contributed by atoms with Gasteiger partial charge < -0.3 is 5.32 Å². The number of halogens is 3. The van der Waals surface area contributed by atoms with Gasteiger partial charge in [-0.3, -0.25) is 4.90 Å². The second kappa shape index (κ2) is 7.33. The van der Waals surface area contributed by atoms with Crippen LogP contribution in [0.3, 0.4) is 0 Å². The Kier molecular flexibility index (Phi) is 5.42. The molecule has 22 heavy (non-hydrogen) atoms. The molecule has 1 unspecified atom stereocenters. The molecule has 0 spiro atoms. The van der Waals surface area contributed by atoms with Gasteiger partial charge in [0.15, 0.2) is 0 Å². The van der Waals surface area contributed by atoms with E-state index < -0.39 is 0 Å². The molecule has 2 aromatic carbocycles. The van der Waals surface area contributed by atoms with Crippen LogP contribution < -0.4 is 5.32 Å². The lowest BCUT2D eigenvalue weighted by atomic mass is 9.96. The van der Waals surface area contributed by atoms with Crippen molar-refractivity contribution < 1.29 is 0 Å². The zero-order chi connectivity index (χ0) is 15.5. The minimum absolute atomic E-state index is 0.126. The van der Waals surface area contributed by atoms with Gasteiger partial charge in [-0.1, -0.05) is 63.4 Å². The van der Waals surface area contributed by atoms with Crippen LogP contribution in [-0.2, 0) is 0 Å². The lowest BCUT2D eigenvalue weighted by Gasteiger charge is -2.36. The fourth-order valence-electron chi connectivity index (χ4n) is 2.90. The molecule has 0 amide bonds. The number of hydrogen-bond donors (Lipinski definition) is 1. The van der Waals surface area contributed by atoms with Gasteiger partial charge in [-0.05, 0) is 29.3 Å². The van der Waals surface area contributed by atoms with Crippen molar-refractivity contribution in [1.29, 1.82) is 0 Å². The van der Waals surface area contributed by atoms with Gasteiger partial charge in [-0.25, -0.2) is 0 Å². The maximum atomic E-state index is 6.50. The van der Waals surface area contributed by atoms with Gasteiger partial charge in [0.2, 0.25) is 0 Å². The maximum absolute atomic E-state index is 6.50. The van der Waals surface area contributed by atoms with E-state index in [0.717, 1.165) is 36.2 Å². The summed E-state index contributed by atoms with van der Waals surface area (Å²) in [4.78, 5) is 2.46. The smallest absolute Gasteiger partial charge is 0.0643 e. The van der Waals surface area contributed by atoms with Crippen molar-refractivity contribution in [2.24, 2.45) is 0 Å². The van der Waals surface area contributed by atoms with E-state index in [0.29, 0.717) is 10.0 Å². The van der Waals surface area contributed by atoms with Crippen molar-refractivity contribution in [1.82, 2.24) is 10.2 Å². The van der Waals surface area contributed by atoms with Crippen LogP contribution in [0.2, 0.25) is 10.0 Å². The van der Waals surface area contributed by atoms with E-state index in [1.165, 1.54) is 5.56 Å². The average Bonchev–Trinajstić information content (AvgIpc) is 2.54. The monoisotopic (exact) mass is 398 g/mol. The van der Waals surface area contributed by atoms with Gasteiger partial charge in [0.05, 0.1) is 16.1 Å². The van der Waals surface area contributed by atoms with Crippen molar-refractivity contribution in [3.05, 3.63) is 68.1 Å². The van der Waals surface area contributed by atoms with Crippen molar-refractivity contribution in [2.45, 2.75) is 6.04 Å². The quantitative estimate of drug-likeness (QED) is 0.800.